The highest BCUT2D eigenvalue weighted by molar-refractivity contribution is 5.86. The summed E-state index contributed by atoms with van der Waals surface area (Å²) in [7, 11) is 0. The van der Waals surface area contributed by atoms with Crippen LogP contribution in [0.3, 0.4) is 0 Å². The average molecular weight is 237 g/mol. The standard InChI is InChI=1S/C9H7N3O5/c13-9(14)8-3-6(12(15)16)4-11(8)5-7-1-2-10-17-7/h1-4H,5H2,(H,13,14). The number of aromatic nitrogens is 2. The summed E-state index contributed by atoms with van der Waals surface area (Å²) in [5, 5.41) is 22.9. The van der Waals surface area contributed by atoms with E-state index >= 15 is 0 Å². The van der Waals surface area contributed by atoms with Gasteiger partial charge in [-0.2, -0.15) is 0 Å². The summed E-state index contributed by atoms with van der Waals surface area (Å²) in [5.41, 5.74) is -0.449. The van der Waals surface area contributed by atoms with Crippen molar-refractivity contribution in [3.05, 3.63) is 46.1 Å². The van der Waals surface area contributed by atoms with Crippen LogP contribution in [-0.4, -0.2) is 25.7 Å². The Kier molecular flexibility index (Phi) is 2.61. The van der Waals surface area contributed by atoms with E-state index in [0.29, 0.717) is 5.76 Å². The number of nitro groups is 1. The number of hydrogen-bond donors (Lipinski definition) is 1. The number of aromatic carboxylic acids is 1. The van der Waals surface area contributed by atoms with Gasteiger partial charge in [-0.15, -0.1) is 0 Å². The molecule has 88 valence electrons. The molecule has 0 aliphatic heterocycles. The highest BCUT2D eigenvalue weighted by Crippen LogP contribution is 2.17. The summed E-state index contributed by atoms with van der Waals surface area (Å²) >= 11 is 0. The van der Waals surface area contributed by atoms with Crippen LogP contribution in [0.4, 0.5) is 5.69 Å². The first-order valence-electron chi connectivity index (χ1n) is 4.55. The van der Waals surface area contributed by atoms with Crippen molar-refractivity contribution in [3.63, 3.8) is 0 Å². The summed E-state index contributed by atoms with van der Waals surface area (Å²) in [6.45, 7) is 0.0788. The number of carboxylic acid groups (broad SMARTS) is 1. The monoisotopic (exact) mass is 237 g/mol. The predicted octanol–water partition coefficient (Wildman–Crippen LogP) is 1.13. The van der Waals surface area contributed by atoms with Crippen molar-refractivity contribution < 1.29 is 19.3 Å². The van der Waals surface area contributed by atoms with E-state index in [9.17, 15) is 14.9 Å². The molecule has 1 N–H and O–H groups in total. The highest BCUT2D eigenvalue weighted by atomic mass is 16.6. The fourth-order valence-electron chi connectivity index (χ4n) is 1.40. The zero-order valence-corrected chi connectivity index (χ0v) is 8.44. The van der Waals surface area contributed by atoms with Gasteiger partial charge in [0.25, 0.3) is 5.69 Å². The topological polar surface area (TPSA) is 111 Å². The number of carbonyl (C=O) groups is 1. The minimum Gasteiger partial charge on any atom is -0.477 e. The highest BCUT2D eigenvalue weighted by Gasteiger charge is 2.19. The molecule has 2 aromatic rings. The third-order valence-electron chi connectivity index (χ3n) is 2.13. The quantitative estimate of drug-likeness (QED) is 0.630. The zero-order chi connectivity index (χ0) is 12.4. The maximum atomic E-state index is 10.9. The predicted molar refractivity (Wildman–Crippen MR) is 53.7 cm³/mol. The molecule has 2 rings (SSSR count). The molecule has 0 unspecified atom stereocenters. The van der Waals surface area contributed by atoms with Crippen LogP contribution in [0, 0.1) is 10.1 Å². The van der Waals surface area contributed by atoms with Gasteiger partial charge in [-0.25, -0.2) is 4.79 Å². The lowest BCUT2D eigenvalue weighted by molar-refractivity contribution is -0.384. The number of carboxylic acids is 1. The molecule has 17 heavy (non-hydrogen) atoms. The van der Waals surface area contributed by atoms with Gasteiger partial charge >= 0.3 is 5.97 Å². The summed E-state index contributed by atoms with van der Waals surface area (Å²) in [4.78, 5) is 20.8. The Morgan fingerprint density at radius 1 is 1.65 bits per heavy atom. The van der Waals surface area contributed by atoms with Crippen molar-refractivity contribution in [2.24, 2.45) is 0 Å². The normalized spacial score (nSPS) is 10.4. The Morgan fingerprint density at radius 2 is 2.41 bits per heavy atom. The van der Waals surface area contributed by atoms with Crippen LogP contribution in [0.15, 0.2) is 29.0 Å². The van der Waals surface area contributed by atoms with E-state index in [1.807, 2.05) is 0 Å². The van der Waals surface area contributed by atoms with Gasteiger partial charge in [0.2, 0.25) is 0 Å². The van der Waals surface area contributed by atoms with Crippen molar-refractivity contribution in [3.8, 4) is 0 Å². The largest absolute Gasteiger partial charge is 0.477 e. The zero-order valence-electron chi connectivity index (χ0n) is 8.44. The fraction of sp³-hybridized carbons (Fsp3) is 0.111. The van der Waals surface area contributed by atoms with Gasteiger partial charge in [0.15, 0.2) is 5.76 Å². The molecule has 0 amide bonds. The van der Waals surface area contributed by atoms with E-state index in [1.54, 1.807) is 6.07 Å². The van der Waals surface area contributed by atoms with Gasteiger partial charge < -0.3 is 14.2 Å². The molecule has 0 aliphatic rings. The summed E-state index contributed by atoms with van der Waals surface area (Å²) < 4.78 is 6.03. The molecule has 2 aromatic heterocycles. The smallest absolute Gasteiger partial charge is 0.352 e. The Hall–Kier alpha value is -2.64. The first-order chi connectivity index (χ1) is 8.08. The summed E-state index contributed by atoms with van der Waals surface area (Å²) in [6, 6.07) is 2.55. The maximum Gasteiger partial charge on any atom is 0.352 e. The Morgan fingerprint density at radius 3 is 2.94 bits per heavy atom. The molecule has 0 aliphatic carbocycles. The Labute approximate surface area is 94.2 Å². The Balaban J connectivity index is 2.37. The number of nitrogens with zero attached hydrogens (tertiary/aromatic N) is 3. The lowest BCUT2D eigenvalue weighted by Crippen LogP contribution is -2.07. The molecule has 0 fully saturated rings. The van der Waals surface area contributed by atoms with E-state index in [1.165, 1.54) is 10.8 Å². The minimum absolute atomic E-state index is 0.0788. The van der Waals surface area contributed by atoms with E-state index in [-0.39, 0.29) is 17.9 Å². The van der Waals surface area contributed by atoms with Crippen molar-refractivity contribution in [1.82, 2.24) is 9.72 Å². The number of hydrogen-bond acceptors (Lipinski definition) is 5. The van der Waals surface area contributed by atoms with Crippen LogP contribution in [0.1, 0.15) is 16.2 Å². The molecule has 2 heterocycles. The first kappa shape index (κ1) is 10.9. The second-order valence-corrected chi connectivity index (χ2v) is 3.25. The van der Waals surface area contributed by atoms with Crippen LogP contribution in [0.25, 0.3) is 0 Å². The van der Waals surface area contributed by atoms with E-state index < -0.39 is 10.9 Å². The molecule has 0 saturated carbocycles. The average Bonchev–Trinajstić information content (AvgIpc) is 2.87. The third-order valence-corrected chi connectivity index (χ3v) is 2.13. The molecular formula is C9H7N3O5. The van der Waals surface area contributed by atoms with E-state index in [2.05, 4.69) is 5.16 Å². The fourth-order valence-corrected chi connectivity index (χ4v) is 1.40. The Bertz CT molecular complexity index is 557. The van der Waals surface area contributed by atoms with Crippen LogP contribution in [0.5, 0.6) is 0 Å². The van der Waals surface area contributed by atoms with Gasteiger partial charge in [0, 0.05) is 12.1 Å². The third kappa shape index (κ3) is 2.14. The van der Waals surface area contributed by atoms with Crippen molar-refractivity contribution in [2.75, 3.05) is 0 Å². The molecule has 0 spiro atoms. The molecule has 0 atom stereocenters. The lowest BCUT2D eigenvalue weighted by atomic mass is 10.4. The van der Waals surface area contributed by atoms with Gasteiger partial charge in [-0.3, -0.25) is 10.1 Å². The van der Waals surface area contributed by atoms with Gasteiger partial charge in [-0.05, 0) is 0 Å². The first-order valence-corrected chi connectivity index (χ1v) is 4.55. The van der Waals surface area contributed by atoms with Gasteiger partial charge in [0.05, 0.1) is 23.9 Å². The van der Waals surface area contributed by atoms with Crippen molar-refractivity contribution in [2.45, 2.75) is 6.54 Å². The SMILES string of the molecule is O=C(O)c1cc([N+](=O)[O-])cn1Cc1ccno1. The molecular weight excluding hydrogens is 230 g/mol. The summed E-state index contributed by atoms with van der Waals surface area (Å²) in [5.74, 6) is -0.824. The molecule has 8 nitrogen and oxygen atoms in total. The number of rotatable bonds is 4. The van der Waals surface area contributed by atoms with E-state index in [4.69, 9.17) is 9.63 Å². The second kappa shape index (κ2) is 4.08. The van der Waals surface area contributed by atoms with Gasteiger partial charge in [0.1, 0.15) is 5.69 Å². The summed E-state index contributed by atoms with van der Waals surface area (Å²) in [6.07, 6.45) is 2.56. The maximum absolute atomic E-state index is 10.9. The second-order valence-electron chi connectivity index (χ2n) is 3.25. The van der Waals surface area contributed by atoms with Crippen LogP contribution in [0.2, 0.25) is 0 Å². The van der Waals surface area contributed by atoms with Gasteiger partial charge in [-0.1, -0.05) is 5.16 Å². The molecule has 0 saturated heterocycles. The molecule has 8 heteroatoms. The van der Waals surface area contributed by atoms with E-state index in [0.717, 1.165) is 12.3 Å². The van der Waals surface area contributed by atoms with Crippen LogP contribution >= 0.6 is 0 Å². The molecule has 0 bridgehead atoms. The lowest BCUT2D eigenvalue weighted by Gasteiger charge is -2.01. The minimum atomic E-state index is -1.24. The molecule has 0 aromatic carbocycles. The molecule has 0 radical (unpaired) electrons. The van der Waals surface area contributed by atoms with Crippen molar-refractivity contribution >= 4 is 11.7 Å². The van der Waals surface area contributed by atoms with Crippen LogP contribution < -0.4 is 0 Å². The van der Waals surface area contributed by atoms with Crippen molar-refractivity contribution in [1.29, 1.82) is 0 Å². The van der Waals surface area contributed by atoms with Crippen LogP contribution in [-0.2, 0) is 6.54 Å².